The van der Waals surface area contributed by atoms with Gasteiger partial charge in [0.15, 0.2) is 5.78 Å². The van der Waals surface area contributed by atoms with Gasteiger partial charge >= 0.3 is 0 Å². The lowest BCUT2D eigenvalue weighted by Gasteiger charge is -2.06. The van der Waals surface area contributed by atoms with Gasteiger partial charge in [0.1, 0.15) is 5.75 Å². The summed E-state index contributed by atoms with van der Waals surface area (Å²) in [6, 6.07) is 15.1. The number of ether oxygens (including phenoxy) is 1. The van der Waals surface area contributed by atoms with E-state index in [0.717, 1.165) is 16.5 Å². The van der Waals surface area contributed by atoms with Crippen LogP contribution in [-0.4, -0.2) is 37.2 Å². The molecule has 0 spiro atoms. The van der Waals surface area contributed by atoms with Crippen LogP contribution in [0.1, 0.15) is 21.5 Å². The second-order valence-corrected chi connectivity index (χ2v) is 7.67. The molecule has 5 aromatic rings. The lowest BCUT2D eigenvalue weighted by atomic mass is 10.1. The number of carbonyl (C=O) groups is 1. The molecule has 5 rings (SSSR count). The first kappa shape index (κ1) is 20.0. The van der Waals surface area contributed by atoms with Crippen LogP contribution in [0, 0.1) is 0 Å². The van der Waals surface area contributed by atoms with Gasteiger partial charge in [-0.05, 0) is 42.0 Å². The normalized spacial score (nSPS) is 11.1. The van der Waals surface area contributed by atoms with Crippen molar-refractivity contribution in [1.29, 1.82) is 0 Å². The van der Waals surface area contributed by atoms with Gasteiger partial charge in [-0.3, -0.25) is 4.79 Å². The van der Waals surface area contributed by atoms with Crippen LogP contribution in [0.25, 0.3) is 16.9 Å². The summed E-state index contributed by atoms with van der Waals surface area (Å²) in [7, 11) is 1.61. The van der Waals surface area contributed by atoms with Crippen molar-refractivity contribution in [3.05, 3.63) is 101 Å². The highest BCUT2D eigenvalue weighted by molar-refractivity contribution is 6.30. The number of hydrogen-bond donors (Lipinski definition) is 0. The molecule has 32 heavy (non-hydrogen) atoms. The third kappa shape index (κ3) is 3.74. The van der Waals surface area contributed by atoms with Gasteiger partial charge < -0.3 is 9.30 Å². The molecule has 0 bridgehead atoms. The van der Waals surface area contributed by atoms with Crippen LogP contribution in [0.4, 0.5) is 0 Å². The highest BCUT2D eigenvalue weighted by Gasteiger charge is 2.19. The molecule has 3 aromatic heterocycles. The highest BCUT2D eigenvalue weighted by atomic mass is 35.5. The molecule has 0 atom stereocenters. The molecule has 7 nitrogen and oxygen atoms in total. The van der Waals surface area contributed by atoms with Crippen LogP contribution in [0.3, 0.4) is 0 Å². The van der Waals surface area contributed by atoms with Crippen LogP contribution < -0.4 is 4.74 Å². The third-order valence-electron chi connectivity index (χ3n) is 5.20. The summed E-state index contributed by atoms with van der Waals surface area (Å²) in [4.78, 5) is 21.8. The van der Waals surface area contributed by atoms with Gasteiger partial charge in [0.25, 0.3) is 0 Å². The molecule has 158 valence electrons. The number of benzene rings is 2. The molecule has 0 saturated carbocycles. The number of halogens is 1. The molecule has 0 unspecified atom stereocenters. The molecule has 0 amide bonds. The smallest absolute Gasteiger partial charge is 0.250 e. The fourth-order valence-electron chi connectivity index (χ4n) is 3.62. The number of aromatic nitrogens is 5. The first-order chi connectivity index (χ1) is 15.6. The van der Waals surface area contributed by atoms with Crippen LogP contribution in [-0.2, 0) is 6.54 Å². The van der Waals surface area contributed by atoms with E-state index in [1.807, 2.05) is 48.7 Å². The average molecular weight is 444 g/mol. The van der Waals surface area contributed by atoms with Gasteiger partial charge in [-0.15, -0.1) is 0 Å². The van der Waals surface area contributed by atoms with Gasteiger partial charge in [0, 0.05) is 52.8 Å². The minimum absolute atomic E-state index is 0.139. The number of carbonyl (C=O) groups excluding carboxylic acids is 1. The lowest BCUT2D eigenvalue weighted by Crippen LogP contribution is -2.02. The Morgan fingerprint density at radius 2 is 1.84 bits per heavy atom. The van der Waals surface area contributed by atoms with Gasteiger partial charge in [0.2, 0.25) is 5.95 Å². The zero-order valence-electron chi connectivity index (χ0n) is 17.1. The number of fused-ring (bicyclic) bond motifs is 1. The largest absolute Gasteiger partial charge is 0.497 e. The summed E-state index contributed by atoms with van der Waals surface area (Å²) in [6.07, 6.45) is 8.29. The summed E-state index contributed by atoms with van der Waals surface area (Å²) >= 11 is 6.02. The van der Waals surface area contributed by atoms with Crippen molar-refractivity contribution in [2.45, 2.75) is 6.54 Å². The van der Waals surface area contributed by atoms with Gasteiger partial charge in [-0.1, -0.05) is 23.7 Å². The van der Waals surface area contributed by atoms with Crippen molar-refractivity contribution < 1.29 is 9.53 Å². The Morgan fingerprint density at radius 1 is 1.06 bits per heavy atom. The maximum absolute atomic E-state index is 13.4. The van der Waals surface area contributed by atoms with Crippen molar-refractivity contribution in [2.24, 2.45) is 0 Å². The fourth-order valence-corrected chi connectivity index (χ4v) is 3.74. The van der Waals surface area contributed by atoms with Gasteiger partial charge in [-0.2, -0.15) is 5.10 Å². The topological polar surface area (TPSA) is 74.8 Å². The summed E-state index contributed by atoms with van der Waals surface area (Å²) in [6.45, 7) is 0.602. The zero-order valence-corrected chi connectivity index (χ0v) is 17.9. The summed E-state index contributed by atoms with van der Waals surface area (Å²) in [5, 5.41) is 5.75. The maximum Gasteiger partial charge on any atom is 0.250 e. The molecule has 8 heteroatoms. The first-order valence-electron chi connectivity index (χ1n) is 9.90. The van der Waals surface area contributed by atoms with E-state index < -0.39 is 0 Å². The zero-order chi connectivity index (χ0) is 22.1. The Morgan fingerprint density at radius 3 is 2.59 bits per heavy atom. The molecule has 0 fully saturated rings. The fraction of sp³-hybridized carbons (Fsp3) is 0.0833. The molecule has 0 aliphatic rings. The van der Waals surface area contributed by atoms with Crippen LogP contribution in [0.2, 0.25) is 5.02 Å². The lowest BCUT2D eigenvalue weighted by molar-refractivity contribution is 0.104. The van der Waals surface area contributed by atoms with Crippen molar-refractivity contribution in [3.63, 3.8) is 0 Å². The molecule has 0 aliphatic carbocycles. The Kier molecular flexibility index (Phi) is 5.17. The van der Waals surface area contributed by atoms with Crippen LogP contribution >= 0.6 is 11.6 Å². The van der Waals surface area contributed by atoms with Crippen molar-refractivity contribution in [3.8, 4) is 11.7 Å². The number of methoxy groups -OCH3 is 1. The Bertz CT molecular complexity index is 1410. The summed E-state index contributed by atoms with van der Waals surface area (Å²) in [5.74, 6) is 0.947. The van der Waals surface area contributed by atoms with Gasteiger partial charge in [0.05, 0.1) is 18.9 Å². The molecule has 3 heterocycles. The Balaban J connectivity index is 1.56. The van der Waals surface area contributed by atoms with E-state index in [-0.39, 0.29) is 5.78 Å². The minimum atomic E-state index is -0.139. The SMILES string of the molecule is COc1ccc2c(c1)c(C(=O)c1cnn(-c3ncccn3)c1)cn2Cc1ccc(Cl)cc1. The van der Waals surface area contributed by atoms with Crippen LogP contribution in [0.15, 0.2) is 79.5 Å². The average Bonchev–Trinajstić information content (AvgIpc) is 3.46. The van der Waals surface area contributed by atoms with E-state index >= 15 is 0 Å². The maximum atomic E-state index is 13.4. The van der Waals surface area contributed by atoms with E-state index in [1.54, 1.807) is 31.8 Å². The predicted molar refractivity (Wildman–Crippen MR) is 122 cm³/mol. The van der Waals surface area contributed by atoms with E-state index in [9.17, 15) is 4.79 Å². The summed E-state index contributed by atoms with van der Waals surface area (Å²) < 4.78 is 8.94. The first-order valence-corrected chi connectivity index (χ1v) is 10.3. The monoisotopic (exact) mass is 443 g/mol. The molecule has 0 radical (unpaired) electrons. The van der Waals surface area contributed by atoms with Crippen LogP contribution in [0.5, 0.6) is 5.75 Å². The minimum Gasteiger partial charge on any atom is -0.497 e. The second kappa shape index (κ2) is 8.28. The number of hydrogen-bond acceptors (Lipinski definition) is 5. The quantitative estimate of drug-likeness (QED) is 0.360. The molecular formula is C24H18ClN5O2. The molecule has 0 aliphatic heterocycles. The molecule has 0 N–H and O–H groups in total. The van der Waals surface area contributed by atoms with E-state index in [1.165, 1.54) is 10.9 Å². The Hall–Kier alpha value is -3.97. The van der Waals surface area contributed by atoms with E-state index in [0.29, 0.717) is 34.4 Å². The third-order valence-corrected chi connectivity index (χ3v) is 5.45. The summed E-state index contributed by atoms with van der Waals surface area (Å²) in [5.41, 5.74) is 3.03. The number of nitrogens with zero attached hydrogens (tertiary/aromatic N) is 5. The van der Waals surface area contributed by atoms with Crippen molar-refractivity contribution >= 4 is 28.3 Å². The molecule has 2 aromatic carbocycles. The van der Waals surface area contributed by atoms with Crippen molar-refractivity contribution in [1.82, 2.24) is 24.3 Å². The van der Waals surface area contributed by atoms with E-state index in [2.05, 4.69) is 19.6 Å². The predicted octanol–water partition coefficient (Wildman–Crippen LogP) is 4.56. The number of rotatable bonds is 6. The second-order valence-electron chi connectivity index (χ2n) is 7.23. The molecule has 0 saturated heterocycles. The van der Waals surface area contributed by atoms with Gasteiger partial charge in [-0.25, -0.2) is 14.6 Å². The van der Waals surface area contributed by atoms with E-state index in [4.69, 9.17) is 16.3 Å². The highest BCUT2D eigenvalue weighted by Crippen LogP contribution is 2.29. The van der Waals surface area contributed by atoms with Crippen molar-refractivity contribution in [2.75, 3.05) is 7.11 Å². The Labute approximate surface area is 188 Å². The standard InChI is InChI=1S/C24H18ClN5O2/c1-32-19-7-8-22-20(11-19)21(15-29(22)13-16-3-5-18(25)6-4-16)23(31)17-12-28-30(14-17)24-26-9-2-10-27-24/h2-12,14-15H,13H2,1H3. The number of ketones is 1. The molecular weight excluding hydrogens is 426 g/mol.